The third-order valence-corrected chi connectivity index (χ3v) is 2.25. The SMILES string of the molecule is O=C(O)/C=C/C=C/c1ccccc1Br. The zero-order valence-electron chi connectivity index (χ0n) is 7.35. The van der Waals surface area contributed by atoms with Crippen LogP contribution in [0.5, 0.6) is 0 Å². The van der Waals surface area contributed by atoms with Gasteiger partial charge in [-0.25, -0.2) is 4.79 Å². The summed E-state index contributed by atoms with van der Waals surface area (Å²) >= 11 is 3.39. The second-order valence-electron chi connectivity index (χ2n) is 2.58. The van der Waals surface area contributed by atoms with Gasteiger partial charge in [0, 0.05) is 10.5 Å². The van der Waals surface area contributed by atoms with Crippen molar-refractivity contribution < 1.29 is 9.90 Å². The summed E-state index contributed by atoms with van der Waals surface area (Å²) in [6, 6.07) is 7.72. The molecule has 0 radical (unpaired) electrons. The Morgan fingerprint density at radius 2 is 2.00 bits per heavy atom. The number of benzene rings is 1. The van der Waals surface area contributed by atoms with Crippen LogP contribution in [0.4, 0.5) is 0 Å². The normalized spacial score (nSPS) is 11.2. The molecule has 0 amide bonds. The molecule has 0 aliphatic carbocycles. The molecule has 0 fully saturated rings. The quantitative estimate of drug-likeness (QED) is 0.663. The number of aliphatic carboxylic acids is 1. The zero-order chi connectivity index (χ0) is 10.4. The highest BCUT2D eigenvalue weighted by Crippen LogP contribution is 2.16. The summed E-state index contributed by atoms with van der Waals surface area (Å²) in [5.74, 6) is -0.943. The molecule has 0 bridgehead atoms. The van der Waals surface area contributed by atoms with Crippen molar-refractivity contribution in [3.05, 3.63) is 52.5 Å². The number of allylic oxidation sites excluding steroid dienone is 2. The van der Waals surface area contributed by atoms with Crippen LogP contribution in [0.15, 0.2) is 47.0 Å². The lowest BCUT2D eigenvalue weighted by Gasteiger charge is -1.94. The van der Waals surface area contributed by atoms with Gasteiger partial charge in [0.05, 0.1) is 0 Å². The maximum atomic E-state index is 10.1. The third kappa shape index (κ3) is 3.58. The molecule has 1 aromatic rings. The average molecular weight is 253 g/mol. The molecule has 0 aliphatic heterocycles. The average Bonchev–Trinajstić information content (AvgIpc) is 2.15. The van der Waals surface area contributed by atoms with Gasteiger partial charge in [0.15, 0.2) is 0 Å². The molecular formula is C11H9BrO2. The van der Waals surface area contributed by atoms with Crippen LogP contribution in [-0.2, 0) is 4.79 Å². The van der Waals surface area contributed by atoms with Crippen LogP contribution < -0.4 is 0 Å². The van der Waals surface area contributed by atoms with Crippen molar-refractivity contribution in [2.45, 2.75) is 0 Å². The first-order valence-corrected chi connectivity index (χ1v) is 4.81. The molecule has 0 aromatic heterocycles. The van der Waals surface area contributed by atoms with Gasteiger partial charge in [-0.05, 0) is 11.6 Å². The summed E-state index contributed by atoms with van der Waals surface area (Å²) in [5.41, 5.74) is 1.02. The summed E-state index contributed by atoms with van der Waals surface area (Å²) < 4.78 is 0.986. The fourth-order valence-electron chi connectivity index (χ4n) is 0.907. The summed E-state index contributed by atoms with van der Waals surface area (Å²) in [7, 11) is 0. The predicted octanol–water partition coefficient (Wildman–Crippen LogP) is 3.10. The summed E-state index contributed by atoms with van der Waals surface area (Å²) in [4.78, 5) is 10.1. The van der Waals surface area contributed by atoms with E-state index in [4.69, 9.17) is 5.11 Å². The minimum Gasteiger partial charge on any atom is -0.478 e. The van der Waals surface area contributed by atoms with Gasteiger partial charge in [-0.15, -0.1) is 0 Å². The van der Waals surface area contributed by atoms with Crippen molar-refractivity contribution >= 4 is 28.0 Å². The van der Waals surface area contributed by atoms with Crippen LogP contribution in [0.3, 0.4) is 0 Å². The lowest BCUT2D eigenvalue weighted by atomic mass is 10.2. The van der Waals surface area contributed by atoms with Gasteiger partial charge < -0.3 is 5.11 Å². The molecule has 0 spiro atoms. The Bertz CT molecular complexity index is 381. The Kier molecular flexibility index (Phi) is 4.13. The molecule has 3 heteroatoms. The molecule has 0 aliphatic rings. The maximum absolute atomic E-state index is 10.1. The van der Waals surface area contributed by atoms with E-state index in [0.717, 1.165) is 16.1 Å². The number of hydrogen-bond donors (Lipinski definition) is 1. The standard InChI is InChI=1S/C11H9BrO2/c12-10-7-3-1-5-9(10)6-2-4-8-11(13)14/h1-8H,(H,13,14)/b6-2+,8-4+. The van der Waals surface area contributed by atoms with E-state index in [9.17, 15) is 4.79 Å². The Balaban J connectivity index is 2.69. The fourth-order valence-corrected chi connectivity index (χ4v) is 1.32. The maximum Gasteiger partial charge on any atom is 0.328 e. The Hall–Kier alpha value is -1.35. The molecule has 14 heavy (non-hydrogen) atoms. The molecule has 0 saturated heterocycles. The first kappa shape index (κ1) is 10.7. The van der Waals surface area contributed by atoms with Crippen molar-refractivity contribution in [3.8, 4) is 0 Å². The molecule has 1 N–H and O–H groups in total. The van der Waals surface area contributed by atoms with E-state index in [1.165, 1.54) is 6.08 Å². The monoisotopic (exact) mass is 252 g/mol. The Morgan fingerprint density at radius 3 is 2.64 bits per heavy atom. The van der Waals surface area contributed by atoms with Gasteiger partial charge in [-0.2, -0.15) is 0 Å². The highest BCUT2D eigenvalue weighted by molar-refractivity contribution is 9.10. The minimum atomic E-state index is -0.943. The van der Waals surface area contributed by atoms with Crippen molar-refractivity contribution in [2.24, 2.45) is 0 Å². The van der Waals surface area contributed by atoms with E-state index < -0.39 is 5.97 Å². The summed E-state index contributed by atoms with van der Waals surface area (Å²) in [6.07, 6.45) is 6.10. The topological polar surface area (TPSA) is 37.3 Å². The van der Waals surface area contributed by atoms with E-state index in [1.807, 2.05) is 30.3 Å². The van der Waals surface area contributed by atoms with E-state index in [0.29, 0.717) is 0 Å². The highest BCUT2D eigenvalue weighted by Gasteiger charge is 1.90. The van der Waals surface area contributed by atoms with Gasteiger partial charge >= 0.3 is 5.97 Å². The zero-order valence-corrected chi connectivity index (χ0v) is 8.94. The first-order chi connectivity index (χ1) is 6.70. The summed E-state index contributed by atoms with van der Waals surface area (Å²) in [6.45, 7) is 0. The number of hydrogen-bond acceptors (Lipinski definition) is 1. The lowest BCUT2D eigenvalue weighted by molar-refractivity contribution is -0.131. The predicted molar refractivity (Wildman–Crippen MR) is 60.0 cm³/mol. The molecule has 0 heterocycles. The van der Waals surface area contributed by atoms with Gasteiger partial charge in [0.1, 0.15) is 0 Å². The van der Waals surface area contributed by atoms with Crippen LogP contribution in [0.1, 0.15) is 5.56 Å². The van der Waals surface area contributed by atoms with Crippen LogP contribution in [0.25, 0.3) is 6.08 Å². The molecule has 0 unspecified atom stereocenters. The molecule has 0 saturated carbocycles. The van der Waals surface area contributed by atoms with Crippen molar-refractivity contribution in [3.63, 3.8) is 0 Å². The van der Waals surface area contributed by atoms with Crippen LogP contribution in [0, 0.1) is 0 Å². The second-order valence-corrected chi connectivity index (χ2v) is 3.43. The van der Waals surface area contributed by atoms with Gasteiger partial charge in [0.2, 0.25) is 0 Å². The molecule has 1 rings (SSSR count). The number of rotatable bonds is 3. The minimum absolute atomic E-state index is 0.943. The van der Waals surface area contributed by atoms with Crippen molar-refractivity contribution in [2.75, 3.05) is 0 Å². The number of carboxylic acids is 1. The summed E-state index contributed by atoms with van der Waals surface area (Å²) in [5, 5.41) is 8.34. The molecule has 0 atom stereocenters. The van der Waals surface area contributed by atoms with Crippen molar-refractivity contribution in [1.82, 2.24) is 0 Å². The fraction of sp³-hybridized carbons (Fsp3) is 0. The third-order valence-electron chi connectivity index (χ3n) is 1.53. The molecule has 72 valence electrons. The van der Waals surface area contributed by atoms with Crippen LogP contribution in [0.2, 0.25) is 0 Å². The Morgan fingerprint density at radius 1 is 1.29 bits per heavy atom. The first-order valence-electron chi connectivity index (χ1n) is 4.02. The Labute approximate surface area is 90.7 Å². The van der Waals surface area contributed by atoms with E-state index in [2.05, 4.69) is 15.9 Å². The van der Waals surface area contributed by atoms with Gasteiger partial charge in [-0.3, -0.25) is 0 Å². The largest absolute Gasteiger partial charge is 0.478 e. The van der Waals surface area contributed by atoms with Crippen LogP contribution in [-0.4, -0.2) is 11.1 Å². The second kappa shape index (κ2) is 5.40. The molecular weight excluding hydrogens is 244 g/mol. The van der Waals surface area contributed by atoms with E-state index in [-0.39, 0.29) is 0 Å². The van der Waals surface area contributed by atoms with E-state index >= 15 is 0 Å². The number of carbonyl (C=O) groups is 1. The smallest absolute Gasteiger partial charge is 0.328 e. The number of halogens is 1. The van der Waals surface area contributed by atoms with Gasteiger partial charge in [-0.1, -0.05) is 52.4 Å². The van der Waals surface area contributed by atoms with Crippen molar-refractivity contribution in [1.29, 1.82) is 0 Å². The van der Waals surface area contributed by atoms with E-state index in [1.54, 1.807) is 6.08 Å². The number of carboxylic acid groups (broad SMARTS) is 1. The van der Waals surface area contributed by atoms with Crippen LogP contribution >= 0.6 is 15.9 Å². The van der Waals surface area contributed by atoms with Gasteiger partial charge in [0.25, 0.3) is 0 Å². The molecule has 2 nitrogen and oxygen atoms in total. The molecule has 1 aromatic carbocycles. The lowest BCUT2D eigenvalue weighted by Crippen LogP contribution is -1.84. The highest BCUT2D eigenvalue weighted by atomic mass is 79.9.